The fraction of sp³-hybridized carbons (Fsp3) is 0.250. The summed E-state index contributed by atoms with van der Waals surface area (Å²) in [6.07, 6.45) is 2.87. The fourth-order valence-corrected chi connectivity index (χ4v) is 1.67. The molecule has 0 radical (unpaired) electrons. The van der Waals surface area contributed by atoms with E-state index in [2.05, 4.69) is 10.1 Å². The molecule has 0 saturated carbocycles. The normalized spacial score (nSPS) is 10.8. The van der Waals surface area contributed by atoms with Gasteiger partial charge in [-0.05, 0) is 4.92 Å². The molecule has 0 spiro atoms. The molecule has 17 heavy (non-hydrogen) atoms. The predicted octanol–water partition coefficient (Wildman–Crippen LogP) is 1.88. The van der Waals surface area contributed by atoms with Gasteiger partial charge in [0.2, 0.25) is 0 Å². The molecule has 0 saturated heterocycles. The van der Waals surface area contributed by atoms with Crippen LogP contribution in [-0.4, -0.2) is 24.3 Å². The van der Waals surface area contributed by atoms with Crippen LogP contribution in [0.4, 0.5) is 5.82 Å². The lowest BCUT2D eigenvalue weighted by atomic mass is 10.6. The second-order valence-corrected chi connectivity index (χ2v) is 4.11. The number of hydrogen-bond acceptors (Lipinski definition) is 4. The first-order valence-corrected chi connectivity index (χ1v) is 5.28. The van der Waals surface area contributed by atoms with E-state index in [1.807, 2.05) is 0 Å². The van der Waals surface area contributed by atoms with Crippen molar-refractivity contribution in [2.45, 2.75) is 6.54 Å². The monoisotopic (exact) mass is 275 g/mol. The van der Waals surface area contributed by atoms with Crippen molar-refractivity contribution in [2.24, 2.45) is 7.05 Å². The van der Waals surface area contributed by atoms with Gasteiger partial charge in [0.25, 0.3) is 0 Å². The van der Waals surface area contributed by atoms with Crippen molar-refractivity contribution in [3.05, 3.63) is 38.5 Å². The molecule has 0 unspecified atom stereocenters. The average molecular weight is 276 g/mol. The van der Waals surface area contributed by atoms with Crippen molar-refractivity contribution in [2.75, 3.05) is 0 Å². The third-order valence-electron chi connectivity index (χ3n) is 2.20. The molecule has 0 bridgehead atoms. The molecular weight excluding hydrogens is 269 g/mol. The number of aromatic nitrogens is 4. The second-order valence-electron chi connectivity index (χ2n) is 3.31. The molecule has 0 fully saturated rings. The van der Waals surface area contributed by atoms with Crippen LogP contribution in [-0.2, 0) is 13.6 Å². The summed E-state index contributed by atoms with van der Waals surface area (Å²) in [6.45, 7) is 0.261. The maximum Gasteiger partial charge on any atom is 0.408 e. The molecule has 0 aliphatic rings. The van der Waals surface area contributed by atoms with E-state index in [9.17, 15) is 10.1 Å². The van der Waals surface area contributed by atoms with Gasteiger partial charge in [0.05, 0.1) is 17.5 Å². The molecule has 7 nitrogen and oxygen atoms in total. The summed E-state index contributed by atoms with van der Waals surface area (Å²) < 4.78 is 3.00. The standard InChI is InChI=1S/C8H7Cl2N5O2/c1-13-6(10)2-11-7(13)4-14-3-5(9)8(12-14)15(16)17/h2-3H,4H2,1H3. The Balaban J connectivity index is 2.28. The molecule has 2 aromatic heterocycles. The van der Waals surface area contributed by atoms with Crippen LogP contribution in [0.15, 0.2) is 12.4 Å². The maximum atomic E-state index is 10.6. The van der Waals surface area contributed by atoms with Crippen molar-refractivity contribution < 1.29 is 4.92 Å². The Kier molecular flexibility index (Phi) is 3.03. The van der Waals surface area contributed by atoms with Gasteiger partial charge in [-0.3, -0.25) is 0 Å². The summed E-state index contributed by atoms with van der Waals surface area (Å²) in [5, 5.41) is 14.8. The van der Waals surface area contributed by atoms with E-state index in [0.717, 1.165) is 0 Å². The minimum Gasteiger partial charge on any atom is -0.358 e. The maximum absolute atomic E-state index is 10.6. The average Bonchev–Trinajstić information content (AvgIpc) is 2.76. The van der Waals surface area contributed by atoms with Gasteiger partial charge >= 0.3 is 5.82 Å². The molecule has 0 N–H and O–H groups in total. The third kappa shape index (κ3) is 2.25. The minimum atomic E-state index is -0.635. The lowest BCUT2D eigenvalue weighted by Crippen LogP contribution is -2.07. The van der Waals surface area contributed by atoms with Crippen molar-refractivity contribution in [3.8, 4) is 0 Å². The van der Waals surface area contributed by atoms with Crippen LogP contribution in [0.25, 0.3) is 0 Å². The van der Waals surface area contributed by atoms with E-state index >= 15 is 0 Å². The zero-order valence-corrected chi connectivity index (χ0v) is 10.2. The number of hydrogen-bond donors (Lipinski definition) is 0. The molecule has 0 aliphatic carbocycles. The van der Waals surface area contributed by atoms with Gasteiger partial charge in [0, 0.05) is 7.05 Å². The molecule has 90 valence electrons. The number of halogens is 2. The Bertz CT molecular complexity index is 576. The van der Waals surface area contributed by atoms with Crippen LogP contribution in [0.5, 0.6) is 0 Å². The Labute approximate surface area is 106 Å². The van der Waals surface area contributed by atoms with E-state index < -0.39 is 4.92 Å². The van der Waals surface area contributed by atoms with E-state index in [1.54, 1.807) is 11.6 Å². The minimum absolute atomic E-state index is 0.00435. The van der Waals surface area contributed by atoms with Crippen molar-refractivity contribution in [1.29, 1.82) is 0 Å². The smallest absolute Gasteiger partial charge is 0.358 e. The van der Waals surface area contributed by atoms with Crippen LogP contribution in [0.1, 0.15) is 5.82 Å². The lowest BCUT2D eigenvalue weighted by molar-refractivity contribution is -0.389. The topological polar surface area (TPSA) is 78.8 Å². The number of nitrogens with zero attached hydrogens (tertiary/aromatic N) is 5. The number of nitro groups is 1. The highest BCUT2D eigenvalue weighted by Crippen LogP contribution is 2.21. The quantitative estimate of drug-likeness (QED) is 0.633. The Morgan fingerprint density at radius 3 is 2.71 bits per heavy atom. The Hall–Kier alpha value is -1.60. The summed E-state index contributed by atoms with van der Waals surface area (Å²) >= 11 is 11.5. The predicted molar refractivity (Wildman–Crippen MR) is 61.2 cm³/mol. The SMILES string of the molecule is Cn1c(Cl)cnc1Cn1cc(Cl)c([N+](=O)[O-])n1. The molecule has 0 atom stereocenters. The van der Waals surface area contributed by atoms with Crippen LogP contribution in [0, 0.1) is 10.1 Å². The van der Waals surface area contributed by atoms with Gasteiger partial charge in [0.15, 0.2) is 5.02 Å². The van der Waals surface area contributed by atoms with Gasteiger partial charge in [-0.1, -0.05) is 23.2 Å². The fourth-order valence-electron chi connectivity index (χ4n) is 1.31. The first-order chi connectivity index (χ1) is 7.99. The number of rotatable bonds is 3. The molecule has 2 heterocycles. The molecule has 9 heteroatoms. The molecule has 0 amide bonds. The molecule has 2 rings (SSSR count). The first-order valence-electron chi connectivity index (χ1n) is 4.52. The highest BCUT2D eigenvalue weighted by atomic mass is 35.5. The van der Waals surface area contributed by atoms with Gasteiger partial charge in [-0.2, -0.15) is 4.68 Å². The molecule has 0 aliphatic heterocycles. The van der Waals surface area contributed by atoms with Gasteiger partial charge in [-0.15, -0.1) is 0 Å². The van der Waals surface area contributed by atoms with Gasteiger partial charge < -0.3 is 14.7 Å². The summed E-state index contributed by atoms with van der Waals surface area (Å²) in [4.78, 5) is 14.0. The van der Waals surface area contributed by atoms with E-state index in [0.29, 0.717) is 11.0 Å². The van der Waals surface area contributed by atoms with Gasteiger partial charge in [0.1, 0.15) is 17.5 Å². The van der Waals surface area contributed by atoms with Crippen LogP contribution >= 0.6 is 23.2 Å². The van der Waals surface area contributed by atoms with Crippen LogP contribution in [0.2, 0.25) is 10.2 Å². The van der Waals surface area contributed by atoms with Crippen LogP contribution in [0.3, 0.4) is 0 Å². The Morgan fingerprint density at radius 1 is 1.53 bits per heavy atom. The summed E-state index contributed by atoms with van der Waals surface area (Å²) in [7, 11) is 1.74. The van der Waals surface area contributed by atoms with E-state index in [4.69, 9.17) is 23.2 Å². The molecule has 2 aromatic rings. The second kappa shape index (κ2) is 4.34. The summed E-state index contributed by atoms with van der Waals surface area (Å²) in [6, 6.07) is 0. The summed E-state index contributed by atoms with van der Waals surface area (Å²) in [5.74, 6) is 0.260. The van der Waals surface area contributed by atoms with Crippen molar-refractivity contribution in [3.63, 3.8) is 0 Å². The lowest BCUT2D eigenvalue weighted by Gasteiger charge is -1.99. The zero-order chi connectivity index (χ0) is 12.6. The zero-order valence-electron chi connectivity index (χ0n) is 8.67. The highest BCUT2D eigenvalue weighted by Gasteiger charge is 2.20. The largest absolute Gasteiger partial charge is 0.408 e. The third-order valence-corrected chi connectivity index (χ3v) is 2.82. The van der Waals surface area contributed by atoms with Gasteiger partial charge in [-0.25, -0.2) is 4.98 Å². The first kappa shape index (κ1) is 11.9. The summed E-state index contributed by atoms with van der Waals surface area (Å²) in [5.41, 5.74) is 0. The molecule has 0 aromatic carbocycles. The van der Waals surface area contributed by atoms with E-state index in [-0.39, 0.29) is 17.4 Å². The van der Waals surface area contributed by atoms with Crippen LogP contribution < -0.4 is 0 Å². The van der Waals surface area contributed by atoms with Crippen molar-refractivity contribution in [1.82, 2.24) is 19.3 Å². The highest BCUT2D eigenvalue weighted by molar-refractivity contribution is 6.32. The number of imidazole rings is 1. The van der Waals surface area contributed by atoms with Crippen molar-refractivity contribution >= 4 is 29.0 Å². The van der Waals surface area contributed by atoms with E-state index in [1.165, 1.54) is 17.1 Å². The Morgan fingerprint density at radius 2 is 2.24 bits per heavy atom. The molecular formula is C8H7Cl2N5O2.